The fraction of sp³-hybridized carbons (Fsp3) is 0.467. The fourth-order valence-electron chi connectivity index (χ4n) is 1.94. The molecule has 0 heterocycles. The third-order valence-corrected chi connectivity index (χ3v) is 3.22. The molecule has 0 spiro atoms. The van der Waals surface area contributed by atoms with Gasteiger partial charge in [0.05, 0.1) is 18.4 Å². The van der Waals surface area contributed by atoms with Crippen molar-refractivity contribution < 1.29 is 14.3 Å². The Morgan fingerprint density at radius 2 is 2.10 bits per heavy atom. The van der Waals surface area contributed by atoms with E-state index in [1.165, 1.54) is 20.0 Å². The van der Waals surface area contributed by atoms with Gasteiger partial charge in [0.1, 0.15) is 0 Å². The molecule has 1 aromatic rings. The number of carbonyl (C=O) groups excluding carboxylic acids is 2. The Morgan fingerprint density at radius 3 is 2.75 bits per heavy atom. The molecule has 20 heavy (non-hydrogen) atoms. The minimum absolute atomic E-state index is 0.104. The molecule has 1 aliphatic rings. The fourth-order valence-corrected chi connectivity index (χ4v) is 1.94. The van der Waals surface area contributed by atoms with Gasteiger partial charge in [-0.3, -0.25) is 4.79 Å². The van der Waals surface area contributed by atoms with Crippen molar-refractivity contribution in [1.29, 1.82) is 0 Å². The molecule has 108 valence electrons. The lowest BCUT2D eigenvalue weighted by Crippen LogP contribution is -2.24. The number of nitrogens with one attached hydrogen (secondary N) is 2. The van der Waals surface area contributed by atoms with Crippen molar-refractivity contribution in [2.45, 2.75) is 32.2 Å². The van der Waals surface area contributed by atoms with Gasteiger partial charge >= 0.3 is 5.97 Å². The van der Waals surface area contributed by atoms with Gasteiger partial charge in [-0.15, -0.1) is 0 Å². The lowest BCUT2D eigenvalue weighted by atomic mass is 10.1. The molecule has 5 nitrogen and oxygen atoms in total. The minimum Gasteiger partial charge on any atom is -0.465 e. The Hall–Kier alpha value is -1.88. The maximum Gasteiger partial charge on any atom is 0.339 e. The first kappa shape index (κ1) is 14.5. The van der Waals surface area contributed by atoms with Crippen LogP contribution in [0.4, 0.5) is 5.69 Å². The standard InChI is InChI=1S/C15H20N2O3/c1-10-3-6-13(12(9-10)15(19)20-2)17-14(18)7-8-16-11-4-5-11/h3,6,9,11,16H,4-5,7-8H2,1-2H3,(H,17,18). The van der Waals surface area contributed by atoms with E-state index in [0.717, 1.165) is 5.56 Å². The van der Waals surface area contributed by atoms with Gasteiger partial charge in [-0.1, -0.05) is 11.6 Å². The molecule has 0 saturated heterocycles. The summed E-state index contributed by atoms with van der Waals surface area (Å²) in [5.41, 5.74) is 1.83. The van der Waals surface area contributed by atoms with Gasteiger partial charge < -0.3 is 15.4 Å². The topological polar surface area (TPSA) is 67.4 Å². The van der Waals surface area contributed by atoms with E-state index in [4.69, 9.17) is 4.74 Å². The van der Waals surface area contributed by atoms with Gasteiger partial charge in [-0.05, 0) is 31.9 Å². The molecule has 0 bridgehead atoms. The smallest absolute Gasteiger partial charge is 0.339 e. The normalized spacial score (nSPS) is 13.9. The number of hydrogen-bond donors (Lipinski definition) is 2. The van der Waals surface area contributed by atoms with Crippen molar-refractivity contribution in [3.05, 3.63) is 29.3 Å². The zero-order chi connectivity index (χ0) is 14.5. The van der Waals surface area contributed by atoms with Gasteiger partial charge in [0, 0.05) is 19.0 Å². The highest BCUT2D eigenvalue weighted by Crippen LogP contribution is 2.19. The van der Waals surface area contributed by atoms with E-state index in [1.807, 2.05) is 13.0 Å². The van der Waals surface area contributed by atoms with Crippen LogP contribution < -0.4 is 10.6 Å². The van der Waals surface area contributed by atoms with Gasteiger partial charge in [-0.25, -0.2) is 4.79 Å². The Morgan fingerprint density at radius 1 is 1.35 bits per heavy atom. The third kappa shape index (κ3) is 4.06. The predicted molar refractivity (Wildman–Crippen MR) is 76.8 cm³/mol. The first-order valence-electron chi connectivity index (χ1n) is 6.82. The van der Waals surface area contributed by atoms with Crippen LogP contribution in [0.1, 0.15) is 35.2 Å². The van der Waals surface area contributed by atoms with Crippen molar-refractivity contribution in [1.82, 2.24) is 5.32 Å². The second kappa shape index (κ2) is 6.52. The van der Waals surface area contributed by atoms with Crippen LogP contribution in [0.15, 0.2) is 18.2 Å². The van der Waals surface area contributed by atoms with Crippen molar-refractivity contribution in [2.24, 2.45) is 0 Å². The molecule has 0 aromatic heterocycles. The van der Waals surface area contributed by atoms with Crippen LogP contribution in [-0.4, -0.2) is 31.6 Å². The quantitative estimate of drug-likeness (QED) is 0.778. The monoisotopic (exact) mass is 276 g/mol. The van der Waals surface area contributed by atoms with Crippen molar-refractivity contribution in [3.63, 3.8) is 0 Å². The number of ether oxygens (including phenoxy) is 1. The number of rotatable bonds is 6. The summed E-state index contributed by atoms with van der Waals surface area (Å²) >= 11 is 0. The second-order valence-electron chi connectivity index (χ2n) is 5.07. The number of amides is 1. The molecule has 1 saturated carbocycles. The molecule has 2 N–H and O–H groups in total. The van der Waals surface area contributed by atoms with E-state index >= 15 is 0 Å². The van der Waals surface area contributed by atoms with Gasteiger partial charge in [0.15, 0.2) is 0 Å². The van der Waals surface area contributed by atoms with Crippen LogP contribution in [0.2, 0.25) is 0 Å². The average molecular weight is 276 g/mol. The molecule has 1 aliphatic carbocycles. The third-order valence-electron chi connectivity index (χ3n) is 3.22. The highest BCUT2D eigenvalue weighted by molar-refractivity contribution is 6.01. The molecule has 0 atom stereocenters. The van der Waals surface area contributed by atoms with Crippen LogP contribution >= 0.6 is 0 Å². The summed E-state index contributed by atoms with van der Waals surface area (Å²) in [5.74, 6) is -0.549. The van der Waals surface area contributed by atoms with E-state index < -0.39 is 5.97 Å². The predicted octanol–water partition coefficient (Wildman–Crippen LogP) is 1.86. The number of benzene rings is 1. The van der Waals surface area contributed by atoms with Crippen molar-refractivity contribution in [2.75, 3.05) is 19.0 Å². The van der Waals surface area contributed by atoms with Gasteiger partial charge in [-0.2, -0.15) is 0 Å². The average Bonchev–Trinajstić information content (AvgIpc) is 3.24. The number of esters is 1. The number of hydrogen-bond acceptors (Lipinski definition) is 4. The van der Waals surface area contributed by atoms with Crippen LogP contribution in [0, 0.1) is 6.92 Å². The van der Waals surface area contributed by atoms with Gasteiger partial charge in [0.2, 0.25) is 5.91 Å². The molecule has 1 amide bonds. The Kier molecular flexibility index (Phi) is 4.74. The Balaban J connectivity index is 1.96. The summed E-state index contributed by atoms with van der Waals surface area (Å²) in [6, 6.07) is 5.88. The Labute approximate surface area is 118 Å². The molecule has 1 fully saturated rings. The zero-order valence-electron chi connectivity index (χ0n) is 11.9. The summed E-state index contributed by atoms with van der Waals surface area (Å²) in [7, 11) is 1.33. The molecular formula is C15H20N2O3. The van der Waals surface area contributed by atoms with E-state index in [2.05, 4.69) is 10.6 Å². The van der Waals surface area contributed by atoms with Crippen molar-refractivity contribution >= 4 is 17.6 Å². The van der Waals surface area contributed by atoms with Crippen LogP contribution in [0.25, 0.3) is 0 Å². The summed E-state index contributed by atoms with van der Waals surface area (Å²) < 4.78 is 4.73. The lowest BCUT2D eigenvalue weighted by Gasteiger charge is -2.11. The van der Waals surface area contributed by atoms with Crippen LogP contribution in [0.5, 0.6) is 0 Å². The van der Waals surface area contributed by atoms with E-state index in [1.54, 1.807) is 12.1 Å². The molecule has 2 rings (SSSR count). The SMILES string of the molecule is COC(=O)c1cc(C)ccc1NC(=O)CCNC1CC1. The molecule has 5 heteroatoms. The number of carbonyl (C=O) groups is 2. The van der Waals surface area contributed by atoms with Crippen LogP contribution in [0.3, 0.4) is 0 Å². The summed E-state index contributed by atoms with van der Waals surface area (Å²) in [4.78, 5) is 23.6. The summed E-state index contributed by atoms with van der Waals surface area (Å²) in [6.07, 6.45) is 2.79. The molecule has 1 aromatic carbocycles. The van der Waals surface area contributed by atoms with Crippen molar-refractivity contribution in [3.8, 4) is 0 Å². The largest absolute Gasteiger partial charge is 0.465 e. The highest BCUT2D eigenvalue weighted by Gasteiger charge is 2.20. The van der Waals surface area contributed by atoms with Crippen LogP contribution in [-0.2, 0) is 9.53 Å². The first-order chi connectivity index (χ1) is 9.60. The molecule has 0 aliphatic heterocycles. The second-order valence-corrected chi connectivity index (χ2v) is 5.07. The maximum atomic E-state index is 11.9. The minimum atomic E-state index is -0.444. The maximum absolute atomic E-state index is 11.9. The molecule has 0 radical (unpaired) electrons. The Bertz CT molecular complexity index is 510. The van der Waals surface area contributed by atoms with E-state index in [9.17, 15) is 9.59 Å². The van der Waals surface area contributed by atoms with E-state index in [0.29, 0.717) is 30.3 Å². The molecular weight excluding hydrogens is 256 g/mol. The number of methoxy groups -OCH3 is 1. The summed E-state index contributed by atoms with van der Waals surface area (Å²) in [6.45, 7) is 2.55. The molecule has 0 unspecified atom stereocenters. The first-order valence-corrected chi connectivity index (χ1v) is 6.82. The number of aryl methyl sites for hydroxylation is 1. The zero-order valence-corrected chi connectivity index (χ0v) is 11.9. The van der Waals surface area contributed by atoms with E-state index in [-0.39, 0.29) is 5.91 Å². The highest BCUT2D eigenvalue weighted by atomic mass is 16.5. The lowest BCUT2D eigenvalue weighted by molar-refractivity contribution is -0.116. The summed E-state index contributed by atoms with van der Waals surface area (Å²) in [5, 5.41) is 6.05. The number of anilines is 1. The van der Waals surface area contributed by atoms with Gasteiger partial charge in [0.25, 0.3) is 0 Å².